The molecule has 2 heterocycles. The van der Waals surface area contributed by atoms with E-state index >= 15 is 0 Å². The van der Waals surface area contributed by atoms with Crippen LogP contribution in [0.25, 0.3) is 10.2 Å². The minimum absolute atomic E-state index is 0.0822. The van der Waals surface area contributed by atoms with E-state index in [4.69, 9.17) is 4.98 Å². The number of thiophene rings is 1. The number of carboxylic acids is 1. The molecule has 0 amide bonds. The Kier molecular flexibility index (Phi) is 4.97. The van der Waals surface area contributed by atoms with Gasteiger partial charge in [0.15, 0.2) is 0 Å². The van der Waals surface area contributed by atoms with Crippen molar-refractivity contribution in [2.75, 3.05) is 20.6 Å². The van der Waals surface area contributed by atoms with E-state index in [2.05, 4.69) is 0 Å². The van der Waals surface area contributed by atoms with E-state index in [-0.39, 0.29) is 11.5 Å². The van der Waals surface area contributed by atoms with Gasteiger partial charge in [0.05, 0.1) is 11.3 Å². The smallest absolute Gasteiger partial charge is 0.311 e. The summed E-state index contributed by atoms with van der Waals surface area (Å²) in [5.74, 6) is -0.509. The van der Waals surface area contributed by atoms with Crippen molar-refractivity contribution in [2.45, 2.75) is 51.5 Å². The number of rotatable bonds is 5. The Labute approximate surface area is 151 Å². The second kappa shape index (κ2) is 6.88. The van der Waals surface area contributed by atoms with E-state index < -0.39 is 11.9 Å². The minimum Gasteiger partial charge on any atom is -0.481 e. The molecule has 3 rings (SSSR count). The topological polar surface area (TPSA) is 75.4 Å². The fourth-order valence-electron chi connectivity index (χ4n) is 3.54. The van der Waals surface area contributed by atoms with Crippen LogP contribution in [-0.2, 0) is 17.8 Å². The Morgan fingerprint density at radius 1 is 1.44 bits per heavy atom. The molecule has 6 nitrogen and oxygen atoms in total. The molecule has 1 aliphatic carbocycles. The second-order valence-electron chi connectivity index (χ2n) is 7.29. The fraction of sp³-hybridized carbons (Fsp3) is 0.611. The number of aromatic nitrogens is 2. The molecular formula is C18H25N3O3S. The van der Waals surface area contributed by atoms with Crippen molar-refractivity contribution in [2.24, 2.45) is 0 Å². The first-order valence-corrected chi connectivity index (χ1v) is 9.56. The summed E-state index contributed by atoms with van der Waals surface area (Å²) in [7, 11) is 3.94. The van der Waals surface area contributed by atoms with Crippen molar-refractivity contribution in [1.29, 1.82) is 0 Å². The van der Waals surface area contributed by atoms with E-state index in [1.165, 1.54) is 11.3 Å². The van der Waals surface area contributed by atoms with Gasteiger partial charge in [0.2, 0.25) is 0 Å². The summed E-state index contributed by atoms with van der Waals surface area (Å²) in [4.78, 5) is 33.5. The number of aliphatic carboxylic acids is 1. The van der Waals surface area contributed by atoms with Gasteiger partial charge in [0, 0.05) is 23.9 Å². The SMILES string of the molecule is CC(C)c1nc2sc3c(c2c(=O)n1CCN(C)C)C(C(=O)O)CCC3. The van der Waals surface area contributed by atoms with Gasteiger partial charge in [0.25, 0.3) is 5.56 Å². The summed E-state index contributed by atoms with van der Waals surface area (Å²) < 4.78 is 1.74. The van der Waals surface area contributed by atoms with Crippen LogP contribution in [0.5, 0.6) is 0 Å². The first-order chi connectivity index (χ1) is 11.8. The van der Waals surface area contributed by atoms with Crippen molar-refractivity contribution in [3.63, 3.8) is 0 Å². The molecule has 0 saturated carbocycles. The van der Waals surface area contributed by atoms with Crippen LogP contribution < -0.4 is 5.56 Å². The minimum atomic E-state index is -0.840. The molecule has 1 aliphatic rings. The molecule has 1 unspecified atom stereocenters. The Morgan fingerprint density at radius 2 is 2.16 bits per heavy atom. The molecule has 2 aromatic rings. The van der Waals surface area contributed by atoms with E-state index in [1.807, 2.05) is 32.8 Å². The Morgan fingerprint density at radius 3 is 2.76 bits per heavy atom. The summed E-state index contributed by atoms with van der Waals surface area (Å²) in [6.07, 6.45) is 2.29. The molecule has 0 aliphatic heterocycles. The van der Waals surface area contributed by atoms with Crippen LogP contribution in [0.2, 0.25) is 0 Å². The zero-order valence-electron chi connectivity index (χ0n) is 15.2. The maximum Gasteiger partial charge on any atom is 0.311 e. The van der Waals surface area contributed by atoms with Crippen molar-refractivity contribution in [1.82, 2.24) is 14.5 Å². The van der Waals surface area contributed by atoms with E-state index in [1.54, 1.807) is 4.57 Å². The van der Waals surface area contributed by atoms with Crippen LogP contribution in [0.15, 0.2) is 4.79 Å². The highest BCUT2D eigenvalue weighted by Gasteiger charge is 2.32. The molecule has 0 aromatic carbocycles. The quantitative estimate of drug-likeness (QED) is 0.884. The van der Waals surface area contributed by atoms with Gasteiger partial charge in [0.1, 0.15) is 10.7 Å². The van der Waals surface area contributed by atoms with Gasteiger partial charge in [-0.05, 0) is 38.9 Å². The van der Waals surface area contributed by atoms with Crippen molar-refractivity contribution in [3.8, 4) is 0 Å². The first kappa shape index (κ1) is 18.1. The average molecular weight is 363 g/mol. The molecular weight excluding hydrogens is 338 g/mol. The molecule has 1 N–H and O–H groups in total. The number of carboxylic acid groups (broad SMARTS) is 1. The van der Waals surface area contributed by atoms with E-state index in [0.717, 1.165) is 35.7 Å². The second-order valence-corrected chi connectivity index (χ2v) is 8.37. The van der Waals surface area contributed by atoms with E-state index in [0.29, 0.717) is 23.2 Å². The summed E-state index contributed by atoms with van der Waals surface area (Å²) in [5, 5.41) is 10.1. The Bertz CT molecular complexity index is 867. The highest BCUT2D eigenvalue weighted by Crippen LogP contribution is 2.40. The number of fused-ring (bicyclic) bond motifs is 3. The molecule has 0 radical (unpaired) electrons. The van der Waals surface area contributed by atoms with Gasteiger partial charge in [-0.1, -0.05) is 13.8 Å². The highest BCUT2D eigenvalue weighted by atomic mass is 32.1. The first-order valence-electron chi connectivity index (χ1n) is 8.74. The summed E-state index contributed by atoms with van der Waals surface area (Å²) in [6.45, 7) is 5.37. The third-order valence-corrected chi connectivity index (χ3v) is 5.94. The standard InChI is InChI=1S/C18H25N3O3S/c1-10(2)15-19-16-14(17(22)21(15)9-8-20(3)4)13-11(18(23)24)6-5-7-12(13)25-16/h10-11H,5-9H2,1-4H3,(H,23,24). The maximum atomic E-state index is 13.3. The lowest BCUT2D eigenvalue weighted by Crippen LogP contribution is -2.31. The number of carbonyl (C=O) groups is 1. The predicted octanol–water partition coefficient (Wildman–Crippen LogP) is 2.65. The van der Waals surface area contributed by atoms with Gasteiger partial charge in [-0.3, -0.25) is 14.2 Å². The molecule has 0 bridgehead atoms. The Hall–Kier alpha value is -1.73. The predicted molar refractivity (Wildman–Crippen MR) is 99.8 cm³/mol. The average Bonchev–Trinajstić information content (AvgIpc) is 2.91. The molecule has 1 atom stereocenters. The third kappa shape index (κ3) is 3.22. The molecule has 136 valence electrons. The largest absolute Gasteiger partial charge is 0.481 e. The van der Waals surface area contributed by atoms with Crippen LogP contribution in [0, 0.1) is 0 Å². The van der Waals surface area contributed by atoms with Crippen LogP contribution in [0.1, 0.15) is 54.8 Å². The summed E-state index contributed by atoms with van der Waals surface area (Å²) >= 11 is 1.50. The lowest BCUT2D eigenvalue weighted by atomic mass is 9.86. The zero-order valence-corrected chi connectivity index (χ0v) is 16.0. The molecule has 25 heavy (non-hydrogen) atoms. The van der Waals surface area contributed by atoms with Crippen molar-refractivity contribution >= 4 is 27.5 Å². The zero-order chi connectivity index (χ0) is 18.3. The van der Waals surface area contributed by atoms with Crippen LogP contribution in [0.3, 0.4) is 0 Å². The Balaban J connectivity index is 2.26. The number of hydrogen-bond donors (Lipinski definition) is 1. The van der Waals surface area contributed by atoms with Gasteiger partial charge in [-0.15, -0.1) is 11.3 Å². The lowest BCUT2D eigenvalue weighted by molar-refractivity contribution is -0.139. The lowest BCUT2D eigenvalue weighted by Gasteiger charge is -2.20. The van der Waals surface area contributed by atoms with Crippen LogP contribution >= 0.6 is 11.3 Å². The molecule has 7 heteroatoms. The fourth-order valence-corrected chi connectivity index (χ4v) is 4.81. The number of nitrogens with zero attached hydrogens (tertiary/aromatic N) is 3. The number of aryl methyl sites for hydroxylation is 1. The maximum absolute atomic E-state index is 13.3. The van der Waals surface area contributed by atoms with E-state index in [9.17, 15) is 14.7 Å². The van der Waals surface area contributed by atoms with Crippen LogP contribution in [-0.4, -0.2) is 46.2 Å². The van der Waals surface area contributed by atoms with Gasteiger partial charge in [-0.25, -0.2) is 4.98 Å². The number of likely N-dealkylation sites (N-methyl/N-ethyl adjacent to an activating group) is 1. The number of hydrogen-bond acceptors (Lipinski definition) is 5. The van der Waals surface area contributed by atoms with Gasteiger partial charge >= 0.3 is 5.97 Å². The van der Waals surface area contributed by atoms with Gasteiger partial charge in [-0.2, -0.15) is 0 Å². The van der Waals surface area contributed by atoms with Crippen molar-refractivity contribution < 1.29 is 9.90 Å². The highest BCUT2D eigenvalue weighted by molar-refractivity contribution is 7.18. The monoisotopic (exact) mass is 363 g/mol. The molecule has 2 aromatic heterocycles. The normalized spacial score (nSPS) is 17.4. The summed E-state index contributed by atoms with van der Waals surface area (Å²) in [6, 6.07) is 0. The molecule has 0 fully saturated rings. The van der Waals surface area contributed by atoms with Crippen molar-refractivity contribution in [3.05, 3.63) is 26.6 Å². The third-order valence-electron chi connectivity index (χ3n) is 4.79. The molecule has 0 saturated heterocycles. The molecule has 0 spiro atoms. The van der Waals surface area contributed by atoms with Crippen LogP contribution in [0.4, 0.5) is 0 Å². The van der Waals surface area contributed by atoms with Gasteiger partial charge < -0.3 is 10.0 Å². The summed E-state index contributed by atoms with van der Waals surface area (Å²) in [5.41, 5.74) is 0.645.